The first kappa shape index (κ1) is 14.4. The van der Waals surface area contributed by atoms with E-state index in [0.29, 0.717) is 10.7 Å². The number of pyridine rings is 1. The van der Waals surface area contributed by atoms with E-state index in [0.717, 1.165) is 28.3 Å². The van der Waals surface area contributed by atoms with Gasteiger partial charge in [0.1, 0.15) is 0 Å². The summed E-state index contributed by atoms with van der Waals surface area (Å²) in [5, 5.41) is 6.20. The van der Waals surface area contributed by atoms with Crippen molar-refractivity contribution in [3.8, 4) is 0 Å². The van der Waals surface area contributed by atoms with Crippen LogP contribution in [0.5, 0.6) is 0 Å². The van der Waals surface area contributed by atoms with Gasteiger partial charge in [-0.25, -0.2) is 0 Å². The van der Waals surface area contributed by atoms with E-state index in [1.807, 2.05) is 24.0 Å². The van der Waals surface area contributed by atoms with Crippen molar-refractivity contribution in [3.05, 3.63) is 36.5 Å². The van der Waals surface area contributed by atoms with Crippen molar-refractivity contribution >= 4 is 33.5 Å². The number of nitrogens with zero attached hydrogens (tertiary/aromatic N) is 2. The Labute approximate surface area is 130 Å². The first-order valence-corrected chi connectivity index (χ1v) is 8.21. The van der Waals surface area contributed by atoms with Gasteiger partial charge in [0.15, 0.2) is 5.17 Å². The second-order valence-electron chi connectivity index (χ2n) is 6.66. The molecule has 0 radical (unpaired) electrons. The molecule has 0 amide bonds. The number of para-hydroxylation sites is 1. The van der Waals surface area contributed by atoms with Crippen LogP contribution in [0.25, 0.3) is 10.9 Å². The van der Waals surface area contributed by atoms with Gasteiger partial charge in [0.2, 0.25) is 0 Å². The molecular formula is C17H21N3S. The average molecular weight is 299 g/mol. The molecule has 2 aromatic rings. The quantitative estimate of drug-likeness (QED) is 0.883. The average Bonchev–Trinajstić information content (AvgIpc) is 2.84. The third-order valence-electron chi connectivity index (χ3n) is 3.43. The fourth-order valence-corrected chi connectivity index (χ4v) is 3.96. The molecule has 21 heavy (non-hydrogen) atoms. The van der Waals surface area contributed by atoms with Crippen molar-refractivity contribution in [2.45, 2.75) is 32.4 Å². The molecule has 2 heterocycles. The van der Waals surface area contributed by atoms with Crippen LogP contribution in [0.3, 0.4) is 0 Å². The number of hydrogen-bond donors (Lipinski definition) is 1. The maximum Gasteiger partial charge on any atom is 0.161 e. The van der Waals surface area contributed by atoms with Crippen LogP contribution in [0.4, 0.5) is 5.69 Å². The summed E-state index contributed by atoms with van der Waals surface area (Å²) < 4.78 is 0. The van der Waals surface area contributed by atoms with Gasteiger partial charge in [-0.3, -0.25) is 9.98 Å². The Morgan fingerprint density at radius 1 is 1.24 bits per heavy atom. The van der Waals surface area contributed by atoms with Gasteiger partial charge in [0, 0.05) is 16.8 Å². The zero-order chi connectivity index (χ0) is 14.9. The molecule has 0 aliphatic carbocycles. The molecule has 1 atom stereocenters. The van der Waals surface area contributed by atoms with Gasteiger partial charge < -0.3 is 5.32 Å². The number of thioether (sulfide) groups is 1. The predicted octanol–water partition coefficient (Wildman–Crippen LogP) is 4.55. The molecule has 0 spiro atoms. The summed E-state index contributed by atoms with van der Waals surface area (Å²) in [6.45, 7) is 7.76. The number of benzene rings is 1. The molecule has 3 rings (SSSR count). The van der Waals surface area contributed by atoms with Gasteiger partial charge in [0.05, 0.1) is 17.7 Å². The van der Waals surface area contributed by atoms with Crippen molar-refractivity contribution in [2.24, 2.45) is 10.4 Å². The molecule has 1 aromatic heterocycles. The smallest absolute Gasteiger partial charge is 0.161 e. The third-order valence-corrected chi connectivity index (χ3v) is 4.53. The maximum absolute atomic E-state index is 4.64. The number of anilines is 1. The summed E-state index contributed by atoms with van der Waals surface area (Å²) in [5.41, 5.74) is 2.39. The summed E-state index contributed by atoms with van der Waals surface area (Å²) in [6, 6.07) is 10.3. The minimum atomic E-state index is 0.351. The lowest BCUT2D eigenvalue weighted by molar-refractivity contribution is 0.375. The zero-order valence-electron chi connectivity index (χ0n) is 12.8. The minimum Gasteiger partial charge on any atom is -0.333 e. The molecule has 1 aliphatic heterocycles. The minimum absolute atomic E-state index is 0.351. The first-order chi connectivity index (χ1) is 10.0. The highest BCUT2D eigenvalue weighted by Crippen LogP contribution is 2.33. The van der Waals surface area contributed by atoms with Crippen molar-refractivity contribution in [1.82, 2.24) is 4.98 Å². The summed E-state index contributed by atoms with van der Waals surface area (Å²) in [6.07, 6.45) is 3.01. The van der Waals surface area contributed by atoms with Crippen LogP contribution < -0.4 is 5.32 Å². The van der Waals surface area contributed by atoms with E-state index in [1.54, 1.807) is 0 Å². The lowest BCUT2D eigenvalue weighted by atomic mass is 9.90. The summed E-state index contributed by atoms with van der Waals surface area (Å²) in [4.78, 5) is 9.12. The van der Waals surface area contributed by atoms with Crippen LogP contribution in [0.2, 0.25) is 0 Å². The maximum atomic E-state index is 4.64. The van der Waals surface area contributed by atoms with Crippen LogP contribution in [0.15, 0.2) is 41.5 Å². The van der Waals surface area contributed by atoms with Gasteiger partial charge in [-0.1, -0.05) is 50.7 Å². The molecule has 1 N–H and O–H groups in total. The van der Waals surface area contributed by atoms with E-state index in [2.05, 4.69) is 60.3 Å². The highest BCUT2D eigenvalue weighted by Gasteiger charge is 2.25. The number of aliphatic imine (C=N–C) groups is 1. The van der Waals surface area contributed by atoms with Gasteiger partial charge in [-0.2, -0.15) is 0 Å². The molecule has 0 saturated carbocycles. The standard InChI is InChI=1S/C17H21N3S/c1-17(2,3)10-13-11-19-16(21-13)20-14-8-4-6-12-7-5-9-18-15(12)14/h4-9,13H,10-11H2,1-3H3,(H,19,20). The van der Waals surface area contributed by atoms with Crippen molar-refractivity contribution in [3.63, 3.8) is 0 Å². The number of rotatable bonds is 2. The van der Waals surface area contributed by atoms with Crippen LogP contribution in [0.1, 0.15) is 27.2 Å². The molecule has 0 bridgehead atoms. The molecule has 4 heteroatoms. The molecule has 1 aliphatic rings. The Kier molecular flexibility index (Phi) is 3.89. The van der Waals surface area contributed by atoms with Crippen LogP contribution >= 0.6 is 11.8 Å². The second kappa shape index (κ2) is 5.68. The Bertz CT molecular complexity index is 668. The number of nitrogens with one attached hydrogen (secondary N) is 1. The lowest BCUT2D eigenvalue weighted by Crippen LogP contribution is -2.16. The molecule has 1 aromatic carbocycles. The van der Waals surface area contributed by atoms with E-state index in [4.69, 9.17) is 0 Å². The SMILES string of the molecule is CC(C)(C)CC1CN=C(Nc2cccc3cccnc23)S1. The van der Waals surface area contributed by atoms with Gasteiger partial charge in [-0.15, -0.1) is 0 Å². The fourth-order valence-electron chi connectivity index (χ4n) is 2.60. The number of amidine groups is 1. The largest absolute Gasteiger partial charge is 0.333 e. The van der Waals surface area contributed by atoms with E-state index in [9.17, 15) is 0 Å². The third kappa shape index (κ3) is 3.56. The Hall–Kier alpha value is -1.55. The first-order valence-electron chi connectivity index (χ1n) is 7.33. The van der Waals surface area contributed by atoms with Crippen molar-refractivity contribution in [1.29, 1.82) is 0 Å². The normalized spacial score (nSPS) is 18.8. The molecule has 3 nitrogen and oxygen atoms in total. The Morgan fingerprint density at radius 2 is 2.05 bits per heavy atom. The summed E-state index contributed by atoms with van der Waals surface area (Å²) in [7, 11) is 0. The van der Waals surface area contributed by atoms with Crippen molar-refractivity contribution < 1.29 is 0 Å². The zero-order valence-corrected chi connectivity index (χ0v) is 13.6. The topological polar surface area (TPSA) is 37.3 Å². The lowest BCUT2D eigenvalue weighted by Gasteiger charge is -2.21. The van der Waals surface area contributed by atoms with Crippen LogP contribution in [0, 0.1) is 5.41 Å². The fraction of sp³-hybridized carbons (Fsp3) is 0.412. The Balaban J connectivity index is 1.73. The highest BCUT2D eigenvalue weighted by molar-refractivity contribution is 8.15. The molecule has 0 saturated heterocycles. The van der Waals surface area contributed by atoms with E-state index in [-0.39, 0.29) is 0 Å². The number of aromatic nitrogens is 1. The molecule has 110 valence electrons. The number of fused-ring (bicyclic) bond motifs is 1. The number of hydrogen-bond acceptors (Lipinski definition) is 4. The van der Waals surface area contributed by atoms with Crippen molar-refractivity contribution in [2.75, 3.05) is 11.9 Å². The second-order valence-corrected chi connectivity index (χ2v) is 7.95. The van der Waals surface area contributed by atoms with E-state index >= 15 is 0 Å². The van der Waals surface area contributed by atoms with E-state index < -0.39 is 0 Å². The Morgan fingerprint density at radius 3 is 2.86 bits per heavy atom. The monoisotopic (exact) mass is 299 g/mol. The summed E-state index contributed by atoms with van der Waals surface area (Å²) >= 11 is 1.85. The molecular weight excluding hydrogens is 278 g/mol. The van der Waals surface area contributed by atoms with Gasteiger partial charge >= 0.3 is 0 Å². The van der Waals surface area contributed by atoms with Gasteiger partial charge in [-0.05, 0) is 24.0 Å². The molecule has 0 fully saturated rings. The molecule has 1 unspecified atom stereocenters. The summed E-state index contributed by atoms with van der Waals surface area (Å²) in [5.74, 6) is 0. The van der Waals surface area contributed by atoms with Gasteiger partial charge in [0.25, 0.3) is 0 Å². The van der Waals surface area contributed by atoms with Crippen LogP contribution in [-0.2, 0) is 0 Å². The highest BCUT2D eigenvalue weighted by atomic mass is 32.2. The van der Waals surface area contributed by atoms with Crippen LogP contribution in [-0.4, -0.2) is 21.9 Å². The predicted molar refractivity (Wildman–Crippen MR) is 93.1 cm³/mol. The van der Waals surface area contributed by atoms with E-state index in [1.165, 1.54) is 6.42 Å².